The van der Waals surface area contributed by atoms with Gasteiger partial charge in [0.1, 0.15) is 0 Å². The van der Waals surface area contributed by atoms with Crippen molar-refractivity contribution in [3.63, 3.8) is 0 Å². The van der Waals surface area contributed by atoms with Crippen molar-refractivity contribution in [2.45, 2.75) is 12.8 Å². The van der Waals surface area contributed by atoms with E-state index in [0.717, 1.165) is 52.5 Å². The highest BCUT2D eigenvalue weighted by Crippen LogP contribution is 2.49. The van der Waals surface area contributed by atoms with Crippen LogP contribution in [0.25, 0.3) is 78.5 Å². The van der Waals surface area contributed by atoms with E-state index in [9.17, 15) is 0 Å². The van der Waals surface area contributed by atoms with Crippen LogP contribution in [0.5, 0.6) is 0 Å². The van der Waals surface area contributed by atoms with Crippen molar-refractivity contribution >= 4 is 113 Å². The molecule has 0 spiro atoms. The summed E-state index contributed by atoms with van der Waals surface area (Å²) in [6.45, 7) is 0. The lowest BCUT2D eigenvalue weighted by molar-refractivity contribution is 1.20. The molecule has 0 atom stereocenters. The number of nitrogens with zero attached hydrogens (tertiary/aromatic N) is 2. The molecule has 2 aliphatic rings. The lowest BCUT2D eigenvalue weighted by atomic mass is 9.77. The summed E-state index contributed by atoms with van der Waals surface area (Å²) in [5, 5.41) is 10.2. The standard InChI is InChI=1S/C74H52N2/c1-5-15-51(16-6-1)25-27-53-29-38-63(39-30-53)75(61-20-9-3-10-21-61)65-49-58-35-33-56-47-60(48-57-34-36-59(50-65)73(58)72(56)57)67-45-46-71(70-44-43-68-66-24-14-13-19-55(66)37-42-69(68)74(67)70)76(62-22-11-4-12-23-62)64-40-31-54(32-41-64)28-26-52-17-7-2-8-18-52/h1-35,37-46,48-50H,36,47H2. The first-order valence-corrected chi connectivity index (χ1v) is 26.4. The lowest BCUT2D eigenvalue weighted by Crippen LogP contribution is -2.12. The van der Waals surface area contributed by atoms with Crippen LogP contribution in [-0.2, 0) is 12.8 Å². The molecule has 2 heteroatoms. The Bertz CT molecular complexity index is 4280. The Hall–Kier alpha value is -9.76. The van der Waals surface area contributed by atoms with Crippen LogP contribution >= 0.6 is 0 Å². The van der Waals surface area contributed by atoms with Gasteiger partial charge < -0.3 is 9.80 Å². The van der Waals surface area contributed by atoms with Gasteiger partial charge in [-0.1, -0.05) is 225 Å². The largest absolute Gasteiger partial charge is 0.310 e. The van der Waals surface area contributed by atoms with Gasteiger partial charge in [-0.2, -0.15) is 0 Å². The molecule has 0 saturated heterocycles. The van der Waals surface area contributed by atoms with E-state index in [1.165, 1.54) is 93.2 Å². The molecule has 0 unspecified atom stereocenters. The molecule has 0 N–H and O–H groups in total. The summed E-state index contributed by atoms with van der Waals surface area (Å²) in [6.07, 6.45) is 15.4. The van der Waals surface area contributed by atoms with Crippen LogP contribution in [0, 0.1) is 0 Å². The zero-order chi connectivity index (χ0) is 50.4. The van der Waals surface area contributed by atoms with E-state index in [1.54, 1.807) is 0 Å². The summed E-state index contributed by atoms with van der Waals surface area (Å²) in [5.41, 5.74) is 19.5. The third kappa shape index (κ3) is 8.27. The fraction of sp³-hybridized carbons (Fsp3) is 0.0270. The minimum absolute atomic E-state index is 0.837. The Morgan fingerprint density at radius 1 is 0.329 bits per heavy atom. The van der Waals surface area contributed by atoms with E-state index < -0.39 is 0 Å². The molecular weight excluding hydrogens is 917 g/mol. The van der Waals surface area contributed by atoms with Gasteiger partial charge in [-0.05, 0) is 173 Å². The van der Waals surface area contributed by atoms with Crippen molar-refractivity contribution in [3.05, 3.63) is 311 Å². The van der Waals surface area contributed by atoms with Gasteiger partial charge in [-0.3, -0.25) is 0 Å². The SMILES string of the molecule is C(=Cc1ccc(N(c2ccccc2)c2cc3c4c5c(ccc4c2)CC(c2ccc(N(c4ccccc4)c4ccc(C=Cc6ccccc6)cc4)c4ccc6c7ccccc7ccc6c24)=CC5=CC3)cc1)c1ccccc1. The highest BCUT2D eigenvalue weighted by atomic mass is 15.1. The van der Waals surface area contributed by atoms with E-state index in [4.69, 9.17) is 0 Å². The Balaban J connectivity index is 0.868. The van der Waals surface area contributed by atoms with Gasteiger partial charge in [0.2, 0.25) is 0 Å². The topological polar surface area (TPSA) is 6.48 Å². The molecule has 12 aromatic carbocycles. The maximum atomic E-state index is 2.51. The average Bonchev–Trinajstić information content (AvgIpc) is 3.61. The lowest BCUT2D eigenvalue weighted by Gasteiger charge is -2.30. The fourth-order valence-electron chi connectivity index (χ4n) is 11.8. The van der Waals surface area contributed by atoms with E-state index in [0.29, 0.717) is 0 Å². The second kappa shape index (κ2) is 19.3. The van der Waals surface area contributed by atoms with Gasteiger partial charge in [-0.25, -0.2) is 0 Å². The second-order valence-corrected chi connectivity index (χ2v) is 20.0. The summed E-state index contributed by atoms with van der Waals surface area (Å²) in [4.78, 5) is 4.83. The number of hydrogen-bond donors (Lipinski definition) is 0. The molecule has 0 bridgehead atoms. The van der Waals surface area contributed by atoms with Crippen molar-refractivity contribution in [3.8, 4) is 0 Å². The normalized spacial score (nSPS) is 12.9. The van der Waals surface area contributed by atoms with Crippen molar-refractivity contribution in [2.75, 3.05) is 9.80 Å². The number of benzene rings is 12. The Kier molecular flexibility index (Phi) is 11.4. The highest BCUT2D eigenvalue weighted by molar-refractivity contribution is 6.23. The predicted molar refractivity (Wildman–Crippen MR) is 326 cm³/mol. The summed E-state index contributed by atoms with van der Waals surface area (Å²) in [5.74, 6) is 0. The number of para-hydroxylation sites is 2. The molecule has 0 amide bonds. The van der Waals surface area contributed by atoms with E-state index in [1.807, 2.05) is 0 Å². The first-order chi connectivity index (χ1) is 37.7. The molecule has 0 aromatic heterocycles. The van der Waals surface area contributed by atoms with Crippen molar-refractivity contribution in [1.29, 1.82) is 0 Å². The molecule has 0 heterocycles. The molecular formula is C74H52N2. The van der Waals surface area contributed by atoms with Crippen LogP contribution in [0.1, 0.15) is 44.5 Å². The molecule has 14 rings (SSSR count). The second-order valence-electron chi connectivity index (χ2n) is 20.0. The number of fused-ring (bicyclic) bond motifs is 5. The predicted octanol–water partition coefficient (Wildman–Crippen LogP) is 20.2. The summed E-state index contributed by atoms with van der Waals surface area (Å²) >= 11 is 0. The molecule has 76 heavy (non-hydrogen) atoms. The first-order valence-electron chi connectivity index (χ1n) is 26.4. The van der Waals surface area contributed by atoms with E-state index in [-0.39, 0.29) is 0 Å². The Morgan fingerprint density at radius 2 is 0.855 bits per heavy atom. The Labute approximate surface area is 444 Å². The summed E-state index contributed by atoms with van der Waals surface area (Å²) in [6, 6.07) is 93.0. The van der Waals surface area contributed by atoms with Crippen molar-refractivity contribution in [1.82, 2.24) is 0 Å². The van der Waals surface area contributed by atoms with Gasteiger partial charge in [0.15, 0.2) is 0 Å². The van der Waals surface area contributed by atoms with Crippen molar-refractivity contribution in [2.24, 2.45) is 0 Å². The molecule has 358 valence electrons. The van der Waals surface area contributed by atoms with Crippen LogP contribution in [0.2, 0.25) is 0 Å². The first kappa shape index (κ1) is 44.9. The maximum Gasteiger partial charge on any atom is 0.0540 e. The molecule has 2 aliphatic carbocycles. The molecule has 12 aromatic rings. The molecule has 0 saturated carbocycles. The zero-order valence-electron chi connectivity index (χ0n) is 42.0. The number of allylic oxidation sites excluding steroid dienone is 4. The Morgan fingerprint density at radius 3 is 1.51 bits per heavy atom. The van der Waals surface area contributed by atoms with E-state index >= 15 is 0 Å². The third-order valence-electron chi connectivity index (χ3n) is 15.4. The number of hydrogen-bond acceptors (Lipinski definition) is 2. The smallest absolute Gasteiger partial charge is 0.0540 e. The molecule has 0 fully saturated rings. The van der Waals surface area contributed by atoms with Crippen LogP contribution < -0.4 is 9.80 Å². The quantitative estimate of drug-likeness (QED) is 0.0941. The fourth-order valence-corrected chi connectivity index (χ4v) is 11.8. The summed E-state index contributed by atoms with van der Waals surface area (Å²) < 4.78 is 0. The number of rotatable bonds is 11. The summed E-state index contributed by atoms with van der Waals surface area (Å²) in [7, 11) is 0. The van der Waals surface area contributed by atoms with Gasteiger partial charge in [0, 0.05) is 33.8 Å². The minimum Gasteiger partial charge on any atom is -0.310 e. The molecule has 2 nitrogen and oxygen atoms in total. The van der Waals surface area contributed by atoms with E-state index in [2.05, 4.69) is 301 Å². The maximum absolute atomic E-state index is 2.51. The van der Waals surface area contributed by atoms with Gasteiger partial charge in [0.05, 0.1) is 5.69 Å². The van der Waals surface area contributed by atoms with Crippen LogP contribution in [-0.4, -0.2) is 0 Å². The molecule has 0 radical (unpaired) electrons. The van der Waals surface area contributed by atoms with Crippen LogP contribution in [0.4, 0.5) is 34.1 Å². The minimum atomic E-state index is 0.837. The van der Waals surface area contributed by atoms with Crippen molar-refractivity contribution < 1.29 is 0 Å². The van der Waals surface area contributed by atoms with Gasteiger partial charge >= 0.3 is 0 Å². The monoisotopic (exact) mass is 968 g/mol. The third-order valence-corrected chi connectivity index (χ3v) is 15.4. The van der Waals surface area contributed by atoms with Crippen LogP contribution in [0.15, 0.2) is 267 Å². The zero-order valence-corrected chi connectivity index (χ0v) is 42.0. The van der Waals surface area contributed by atoms with Gasteiger partial charge in [-0.15, -0.1) is 0 Å². The average molecular weight is 969 g/mol. The highest BCUT2D eigenvalue weighted by Gasteiger charge is 2.27. The van der Waals surface area contributed by atoms with Crippen LogP contribution in [0.3, 0.4) is 0 Å². The molecule has 0 aliphatic heterocycles. The number of anilines is 6. The van der Waals surface area contributed by atoms with Gasteiger partial charge in [0.25, 0.3) is 0 Å².